The minimum absolute atomic E-state index is 0.397. The molecular weight excluding hydrogens is 400 g/mol. The van der Waals surface area contributed by atoms with E-state index in [0.29, 0.717) is 23.0 Å². The smallest absolute Gasteiger partial charge is 0.167 e. The van der Waals surface area contributed by atoms with E-state index in [2.05, 4.69) is 58.1 Å². The van der Waals surface area contributed by atoms with Crippen LogP contribution in [0.15, 0.2) is 36.9 Å². The number of aliphatic hydroxyl groups excluding tert-OH is 3. The van der Waals surface area contributed by atoms with E-state index in [1.54, 1.807) is 0 Å². The summed E-state index contributed by atoms with van der Waals surface area (Å²) in [6.07, 6.45) is -1.31. The van der Waals surface area contributed by atoms with Crippen molar-refractivity contribution in [1.29, 1.82) is 0 Å². The lowest BCUT2D eigenvalue weighted by Crippen LogP contribution is -2.33. The Morgan fingerprint density at radius 3 is 2.48 bits per heavy atom. The van der Waals surface area contributed by atoms with Crippen LogP contribution >= 0.6 is 0 Å². The molecule has 1 fully saturated rings. The van der Waals surface area contributed by atoms with Crippen LogP contribution in [0.3, 0.4) is 0 Å². The van der Waals surface area contributed by atoms with Crippen LogP contribution in [0.4, 0.5) is 17.2 Å². The van der Waals surface area contributed by atoms with E-state index >= 15 is 0 Å². The van der Waals surface area contributed by atoms with Crippen molar-refractivity contribution in [2.24, 2.45) is 0 Å². The number of hydrogen-bond donors (Lipinski definition) is 4. The molecule has 2 aromatic heterocycles. The third-order valence-corrected chi connectivity index (χ3v) is 5.58. The molecule has 0 unspecified atom stereocenters. The minimum Gasteiger partial charge on any atom is -0.394 e. The summed E-state index contributed by atoms with van der Waals surface area (Å²) in [4.78, 5) is 15.3. The Balaban J connectivity index is 1.59. The van der Waals surface area contributed by atoms with Gasteiger partial charge in [-0.2, -0.15) is 0 Å². The number of hydrogen-bond acceptors (Lipinski definition) is 9. The van der Waals surface area contributed by atoms with Crippen molar-refractivity contribution < 1.29 is 20.1 Å². The predicted molar refractivity (Wildman–Crippen MR) is 116 cm³/mol. The number of imidazole rings is 1. The number of nitrogens with zero attached hydrogens (tertiary/aromatic N) is 5. The van der Waals surface area contributed by atoms with Crippen molar-refractivity contribution >= 4 is 28.4 Å². The van der Waals surface area contributed by atoms with Gasteiger partial charge in [0.1, 0.15) is 24.6 Å². The zero-order valence-electron chi connectivity index (χ0n) is 17.8. The van der Waals surface area contributed by atoms with E-state index < -0.39 is 31.1 Å². The molecule has 166 valence electrons. The summed E-state index contributed by atoms with van der Waals surface area (Å²) >= 11 is 0. The summed E-state index contributed by atoms with van der Waals surface area (Å²) in [7, 11) is 0. The fourth-order valence-corrected chi connectivity index (χ4v) is 3.96. The van der Waals surface area contributed by atoms with Gasteiger partial charge in [0, 0.05) is 24.0 Å². The third-order valence-electron chi connectivity index (χ3n) is 5.58. The molecule has 4 rings (SSSR count). The molecule has 4 atom stereocenters. The molecule has 1 aromatic carbocycles. The maximum Gasteiger partial charge on any atom is 0.167 e. The van der Waals surface area contributed by atoms with Crippen molar-refractivity contribution in [2.75, 3.05) is 23.4 Å². The van der Waals surface area contributed by atoms with E-state index in [1.807, 2.05) is 12.1 Å². The number of fused-ring (bicyclic) bond motifs is 1. The molecule has 0 amide bonds. The Bertz CT molecular complexity index is 1020. The van der Waals surface area contributed by atoms with Crippen LogP contribution in [-0.2, 0) is 4.74 Å². The lowest BCUT2D eigenvalue weighted by molar-refractivity contribution is -0.0511. The van der Waals surface area contributed by atoms with Crippen molar-refractivity contribution in [3.8, 4) is 0 Å². The number of nitrogens with one attached hydrogen (secondary N) is 1. The van der Waals surface area contributed by atoms with Crippen LogP contribution in [0.2, 0.25) is 0 Å². The largest absolute Gasteiger partial charge is 0.394 e. The summed E-state index contributed by atoms with van der Waals surface area (Å²) in [5, 5.41) is 33.0. The summed E-state index contributed by atoms with van der Waals surface area (Å²) < 4.78 is 7.14. The highest BCUT2D eigenvalue weighted by Crippen LogP contribution is 2.32. The molecule has 3 heterocycles. The molecule has 0 aliphatic carbocycles. The first-order valence-electron chi connectivity index (χ1n) is 10.4. The van der Waals surface area contributed by atoms with Gasteiger partial charge in [0.15, 0.2) is 23.2 Å². The molecule has 0 saturated carbocycles. The normalized spacial score (nSPS) is 23.6. The first kappa shape index (κ1) is 21.4. The number of ether oxygens (including phenoxy) is 1. The van der Waals surface area contributed by atoms with Gasteiger partial charge in [0.2, 0.25) is 0 Å². The molecule has 0 bridgehead atoms. The average molecular weight is 428 g/mol. The van der Waals surface area contributed by atoms with Gasteiger partial charge in [-0.05, 0) is 45.0 Å². The van der Waals surface area contributed by atoms with E-state index in [4.69, 9.17) is 4.74 Å². The van der Waals surface area contributed by atoms with Gasteiger partial charge in [-0.3, -0.25) is 4.57 Å². The highest BCUT2D eigenvalue weighted by atomic mass is 16.6. The van der Waals surface area contributed by atoms with Crippen molar-refractivity contribution in [3.05, 3.63) is 36.9 Å². The van der Waals surface area contributed by atoms with Crippen LogP contribution in [0.1, 0.15) is 27.0 Å². The Kier molecular flexibility index (Phi) is 6.05. The van der Waals surface area contributed by atoms with Crippen LogP contribution in [0.25, 0.3) is 11.2 Å². The molecule has 31 heavy (non-hydrogen) atoms. The SMILES string of the molecule is CCN(c1ccc(Nc2ncnc3c2ncn3[C@@H]2O[C@H](CO)[C@@H](O)[C@H]2O)cc1)C(C)C. The minimum atomic E-state index is -1.21. The highest BCUT2D eigenvalue weighted by molar-refractivity contribution is 5.85. The Hall–Kier alpha value is -2.79. The van der Waals surface area contributed by atoms with Crippen LogP contribution in [0, 0.1) is 0 Å². The zero-order valence-corrected chi connectivity index (χ0v) is 17.8. The molecule has 4 N–H and O–H groups in total. The molecule has 1 aliphatic heterocycles. The molecule has 3 aromatic rings. The van der Waals surface area contributed by atoms with Crippen LogP contribution in [0.5, 0.6) is 0 Å². The van der Waals surface area contributed by atoms with Crippen molar-refractivity contribution in [2.45, 2.75) is 51.4 Å². The van der Waals surface area contributed by atoms with E-state index in [1.165, 1.54) is 17.2 Å². The summed E-state index contributed by atoms with van der Waals surface area (Å²) in [5.74, 6) is 0.513. The van der Waals surface area contributed by atoms with Crippen molar-refractivity contribution in [1.82, 2.24) is 19.5 Å². The standard InChI is InChI=1S/C21H28N6O4/c1-4-26(12(2)3)14-7-5-13(6-8-14)25-19-16-20(23-10-22-19)27(11-24-16)21-18(30)17(29)15(9-28)31-21/h5-8,10-12,15,17-18,21,28-30H,4,9H2,1-3H3,(H,22,23,25)/t15-,17-,18-,21-/m1/s1. The third kappa shape index (κ3) is 3.94. The van der Waals surface area contributed by atoms with Crippen LogP contribution in [-0.4, -0.2) is 72.3 Å². The second-order valence-electron chi connectivity index (χ2n) is 7.83. The summed E-state index contributed by atoms with van der Waals surface area (Å²) in [5.41, 5.74) is 2.94. The molecule has 1 aliphatic rings. The zero-order chi connectivity index (χ0) is 22.1. The first-order valence-corrected chi connectivity index (χ1v) is 10.4. The number of aromatic nitrogens is 4. The lowest BCUT2D eigenvalue weighted by Gasteiger charge is -2.27. The maximum atomic E-state index is 10.3. The fourth-order valence-electron chi connectivity index (χ4n) is 3.96. The van der Waals surface area contributed by atoms with Gasteiger partial charge in [-0.15, -0.1) is 0 Å². The van der Waals surface area contributed by atoms with Gasteiger partial charge in [0.05, 0.1) is 12.9 Å². The number of benzene rings is 1. The molecule has 10 nitrogen and oxygen atoms in total. The highest BCUT2D eigenvalue weighted by Gasteiger charge is 2.44. The Labute approximate surface area is 180 Å². The van der Waals surface area contributed by atoms with Gasteiger partial charge >= 0.3 is 0 Å². The van der Waals surface area contributed by atoms with E-state index in [9.17, 15) is 15.3 Å². The summed E-state index contributed by atoms with van der Waals surface area (Å²) in [6, 6.07) is 8.49. The topological polar surface area (TPSA) is 129 Å². The van der Waals surface area contributed by atoms with Gasteiger partial charge in [0.25, 0.3) is 0 Å². The van der Waals surface area contributed by atoms with E-state index in [-0.39, 0.29) is 0 Å². The van der Waals surface area contributed by atoms with Gasteiger partial charge < -0.3 is 30.3 Å². The molecular formula is C21H28N6O4. The molecule has 0 radical (unpaired) electrons. The van der Waals surface area contributed by atoms with Crippen molar-refractivity contribution in [3.63, 3.8) is 0 Å². The van der Waals surface area contributed by atoms with Crippen LogP contribution < -0.4 is 10.2 Å². The second-order valence-corrected chi connectivity index (χ2v) is 7.83. The monoisotopic (exact) mass is 428 g/mol. The number of aliphatic hydroxyl groups is 3. The lowest BCUT2D eigenvalue weighted by atomic mass is 10.1. The maximum absolute atomic E-state index is 10.3. The number of rotatable bonds is 7. The average Bonchev–Trinajstić information content (AvgIpc) is 3.31. The molecule has 10 heteroatoms. The Morgan fingerprint density at radius 2 is 1.87 bits per heavy atom. The van der Waals surface area contributed by atoms with E-state index in [0.717, 1.165) is 17.9 Å². The Morgan fingerprint density at radius 1 is 1.13 bits per heavy atom. The van der Waals surface area contributed by atoms with Gasteiger partial charge in [-0.1, -0.05) is 0 Å². The quantitative estimate of drug-likeness (QED) is 0.441. The summed E-state index contributed by atoms with van der Waals surface area (Å²) in [6.45, 7) is 6.99. The first-order chi connectivity index (χ1) is 14.9. The second kappa shape index (κ2) is 8.75. The molecule has 1 saturated heterocycles. The molecule has 0 spiro atoms. The van der Waals surface area contributed by atoms with Gasteiger partial charge in [-0.25, -0.2) is 15.0 Å². The predicted octanol–water partition coefficient (Wildman–Crippen LogP) is 1.42. The fraction of sp³-hybridized carbons (Fsp3) is 0.476. The number of anilines is 3.